The van der Waals surface area contributed by atoms with Gasteiger partial charge in [-0.1, -0.05) is 42.4 Å². The Labute approximate surface area is 162 Å². The molecular weight excluding hydrogens is 393 g/mol. The number of hydrogen-bond donors (Lipinski definition) is 0. The molecule has 0 saturated carbocycles. The normalized spacial score (nSPS) is 16.7. The number of nitrogens with zero attached hydrogens (tertiary/aromatic N) is 3. The highest BCUT2D eigenvalue weighted by Crippen LogP contribution is 2.44. The number of halogens is 2. The second kappa shape index (κ2) is 6.69. The molecule has 0 aliphatic carbocycles. The van der Waals surface area contributed by atoms with E-state index in [0.29, 0.717) is 12.1 Å². The van der Waals surface area contributed by atoms with Gasteiger partial charge in [0.05, 0.1) is 18.1 Å². The minimum absolute atomic E-state index is 0.0534. The standard InChI is InChI=1S/C21H23BrFN3/c1-4-6-13(2)21(20-19-7-5-8-25(19)12-24-20)26-11-17-16(14(26)3)9-15(22)10-18(17)23/h9-10,12,21H,2-8,11H2,1H3. The second-order valence-corrected chi connectivity index (χ2v) is 8.09. The molecule has 4 rings (SSSR count). The lowest BCUT2D eigenvalue weighted by Crippen LogP contribution is -2.25. The van der Waals surface area contributed by atoms with Crippen LogP contribution >= 0.6 is 15.9 Å². The van der Waals surface area contributed by atoms with Gasteiger partial charge in [0, 0.05) is 40.1 Å². The summed E-state index contributed by atoms with van der Waals surface area (Å²) in [4.78, 5) is 6.92. The molecule has 136 valence electrons. The van der Waals surface area contributed by atoms with E-state index < -0.39 is 0 Å². The van der Waals surface area contributed by atoms with E-state index in [2.05, 4.69) is 45.5 Å². The summed E-state index contributed by atoms with van der Waals surface area (Å²) in [5, 5.41) is 0. The zero-order chi connectivity index (χ0) is 18.4. The summed E-state index contributed by atoms with van der Waals surface area (Å²) in [6, 6.07) is 3.43. The monoisotopic (exact) mass is 415 g/mol. The Morgan fingerprint density at radius 2 is 2.23 bits per heavy atom. The number of benzene rings is 1. The zero-order valence-electron chi connectivity index (χ0n) is 15.1. The zero-order valence-corrected chi connectivity index (χ0v) is 16.6. The highest BCUT2D eigenvalue weighted by Gasteiger charge is 2.36. The first-order chi connectivity index (χ1) is 12.5. The number of aryl methyl sites for hydroxylation is 1. The molecule has 1 aromatic carbocycles. The predicted molar refractivity (Wildman–Crippen MR) is 106 cm³/mol. The molecule has 2 aliphatic heterocycles. The quantitative estimate of drug-likeness (QED) is 0.591. The van der Waals surface area contributed by atoms with Crippen molar-refractivity contribution in [3.05, 3.63) is 70.0 Å². The van der Waals surface area contributed by atoms with Gasteiger partial charge in [-0.25, -0.2) is 9.37 Å². The Balaban J connectivity index is 1.77. The number of imidazole rings is 1. The van der Waals surface area contributed by atoms with E-state index >= 15 is 0 Å². The van der Waals surface area contributed by atoms with Crippen LogP contribution in [0.1, 0.15) is 54.7 Å². The summed E-state index contributed by atoms with van der Waals surface area (Å²) in [5.41, 5.74) is 5.91. The van der Waals surface area contributed by atoms with Crippen LogP contribution in [0, 0.1) is 5.82 Å². The van der Waals surface area contributed by atoms with Crippen molar-refractivity contribution < 1.29 is 4.39 Å². The molecule has 3 nitrogen and oxygen atoms in total. The van der Waals surface area contributed by atoms with E-state index in [1.165, 1.54) is 11.8 Å². The van der Waals surface area contributed by atoms with E-state index in [1.807, 2.05) is 12.4 Å². The Morgan fingerprint density at radius 1 is 1.42 bits per heavy atom. The Hall–Kier alpha value is -1.88. The highest BCUT2D eigenvalue weighted by atomic mass is 79.9. The molecule has 2 aromatic rings. The third kappa shape index (κ3) is 2.73. The molecule has 2 aliphatic rings. The topological polar surface area (TPSA) is 21.1 Å². The fraction of sp³-hybridized carbons (Fsp3) is 0.381. The van der Waals surface area contributed by atoms with Crippen molar-refractivity contribution in [2.45, 2.75) is 51.7 Å². The van der Waals surface area contributed by atoms with E-state index in [4.69, 9.17) is 4.98 Å². The lowest BCUT2D eigenvalue weighted by Gasteiger charge is -2.32. The van der Waals surface area contributed by atoms with Crippen LogP contribution in [0.2, 0.25) is 0 Å². The molecule has 0 N–H and O–H groups in total. The summed E-state index contributed by atoms with van der Waals surface area (Å²) >= 11 is 3.40. The molecule has 0 fully saturated rings. The van der Waals surface area contributed by atoms with E-state index in [1.54, 1.807) is 0 Å². The first-order valence-corrected chi connectivity index (χ1v) is 9.96. The molecule has 26 heavy (non-hydrogen) atoms. The SMILES string of the molecule is C=C(CCC)C(c1ncn2c1CCC2)N1Cc2c(F)cc(Br)cc2C1=C. The van der Waals surface area contributed by atoms with Crippen molar-refractivity contribution in [3.63, 3.8) is 0 Å². The highest BCUT2D eigenvalue weighted by molar-refractivity contribution is 9.10. The Morgan fingerprint density at radius 3 is 3.00 bits per heavy atom. The third-order valence-electron chi connectivity index (χ3n) is 5.47. The maximum atomic E-state index is 14.5. The molecule has 1 atom stereocenters. The number of rotatable bonds is 5. The van der Waals surface area contributed by atoms with Crippen molar-refractivity contribution in [2.24, 2.45) is 0 Å². The van der Waals surface area contributed by atoms with Crippen LogP contribution in [-0.4, -0.2) is 14.5 Å². The molecule has 5 heteroatoms. The molecule has 0 radical (unpaired) electrons. The maximum absolute atomic E-state index is 14.5. The largest absolute Gasteiger partial charge is 0.355 e. The van der Waals surface area contributed by atoms with Gasteiger partial charge in [0.25, 0.3) is 0 Å². The predicted octanol–water partition coefficient (Wildman–Crippen LogP) is 5.61. The van der Waals surface area contributed by atoms with Crippen LogP contribution in [0.4, 0.5) is 4.39 Å². The average Bonchev–Trinajstić information content (AvgIpc) is 3.26. The van der Waals surface area contributed by atoms with E-state index in [9.17, 15) is 4.39 Å². The van der Waals surface area contributed by atoms with Gasteiger partial charge in [0.1, 0.15) is 5.82 Å². The fourth-order valence-electron chi connectivity index (χ4n) is 4.24. The van der Waals surface area contributed by atoms with Gasteiger partial charge >= 0.3 is 0 Å². The van der Waals surface area contributed by atoms with Crippen molar-refractivity contribution >= 4 is 21.6 Å². The molecular formula is C21H23BrFN3. The summed E-state index contributed by atoms with van der Waals surface area (Å²) in [5.74, 6) is -0.187. The third-order valence-corrected chi connectivity index (χ3v) is 5.92. The fourth-order valence-corrected chi connectivity index (χ4v) is 4.67. The van der Waals surface area contributed by atoms with Crippen LogP contribution in [-0.2, 0) is 19.5 Å². The minimum atomic E-state index is -0.187. The minimum Gasteiger partial charge on any atom is -0.355 e. The maximum Gasteiger partial charge on any atom is 0.129 e. The Kier molecular flexibility index (Phi) is 4.51. The first kappa shape index (κ1) is 17.5. The van der Waals surface area contributed by atoms with Gasteiger partial charge in [0.2, 0.25) is 0 Å². The van der Waals surface area contributed by atoms with Crippen LogP contribution in [0.15, 0.2) is 41.7 Å². The summed E-state index contributed by atoms with van der Waals surface area (Å²) < 4.78 is 17.5. The summed E-state index contributed by atoms with van der Waals surface area (Å²) in [6.45, 7) is 12.4. The smallest absolute Gasteiger partial charge is 0.129 e. The van der Waals surface area contributed by atoms with E-state index in [-0.39, 0.29) is 11.9 Å². The lowest BCUT2D eigenvalue weighted by atomic mass is 9.97. The van der Waals surface area contributed by atoms with Crippen molar-refractivity contribution in [3.8, 4) is 0 Å². The van der Waals surface area contributed by atoms with Crippen LogP contribution < -0.4 is 0 Å². The second-order valence-electron chi connectivity index (χ2n) is 7.17. The van der Waals surface area contributed by atoms with Gasteiger partial charge in [-0.05, 0) is 37.0 Å². The van der Waals surface area contributed by atoms with Gasteiger partial charge in [-0.2, -0.15) is 0 Å². The number of aromatic nitrogens is 2. The first-order valence-electron chi connectivity index (χ1n) is 9.16. The summed E-state index contributed by atoms with van der Waals surface area (Å²) in [6.07, 6.45) is 6.08. The lowest BCUT2D eigenvalue weighted by molar-refractivity contribution is 0.325. The van der Waals surface area contributed by atoms with Crippen molar-refractivity contribution in [1.82, 2.24) is 14.5 Å². The van der Waals surface area contributed by atoms with Gasteiger partial charge in [0.15, 0.2) is 0 Å². The average molecular weight is 416 g/mol. The van der Waals surface area contributed by atoms with Crippen LogP contribution in [0.5, 0.6) is 0 Å². The molecule has 0 bridgehead atoms. The van der Waals surface area contributed by atoms with E-state index in [0.717, 1.165) is 59.2 Å². The molecule has 3 heterocycles. The number of hydrogen-bond acceptors (Lipinski definition) is 2. The molecule has 1 unspecified atom stereocenters. The van der Waals surface area contributed by atoms with Gasteiger partial charge in [-0.3, -0.25) is 0 Å². The van der Waals surface area contributed by atoms with Gasteiger partial charge < -0.3 is 9.47 Å². The summed E-state index contributed by atoms with van der Waals surface area (Å²) in [7, 11) is 0. The Bertz CT molecular complexity index is 899. The van der Waals surface area contributed by atoms with Crippen LogP contribution in [0.3, 0.4) is 0 Å². The van der Waals surface area contributed by atoms with Crippen LogP contribution in [0.25, 0.3) is 5.70 Å². The molecule has 0 amide bonds. The van der Waals surface area contributed by atoms with Crippen molar-refractivity contribution in [2.75, 3.05) is 0 Å². The molecule has 0 saturated heterocycles. The van der Waals surface area contributed by atoms with Gasteiger partial charge in [-0.15, -0.1) is 0 Å². The number of fused-ring (bicyclic) bond motifs is 2. The molecule has 1 aromatic heterocycles. The van der Waals surface area contributed by atoms with Crippen molar-refractivity contribution in [1.29, 1.82) is 0 Å². The molecule has 0 spiro atoms.